The maximum Gasteiger partial charge on any atom is 0.184 e. The van der Waals surface area contributed by atoms with Crippen molar-refractivity contribution in [2.75, 3.05) is 31.2 Å². The first kappa shape index (κ1) is 11.7. The van der Waals surface area contributed by atoms with E-state index in [1.54, 1.807) is 0 Å². The van der Waals surface area contributed by atoms with Gasteiger partial charge >= 0.3 is 0 Å². The molecule has 1 N–H and O–H groups in total. The molecule has 1 aromatic rings. The number of nitrogens with zero attached hydrogens (tertiary/aromatic N) is 1. The smallest absolute Gasteiger partial charge is 0.184 e. The summed E-state index contributed by atoms with van der Waals surface area (Å²) in [4.78, 5) is 2.43. The molecule has 2 aliphatic rings. The third kappa shape index (κ3) is 1.90. The van der Waals surface area contributed by atoms with Crippen molar-refractivity contribution in [1.29, 1.82) is 0 Å². The first-order valence-electron chi connectivity index (χ1n) is 6.65. The molecule has 0 amide bonds. The normalized spacial score (nSPS) is 27.1. The number of nitrogens with one attached hydrogen (secondary N) is 1. The average Bonchev–Trinajstić information content (AvgIpc) is 2.39. The second kappa shape index (κ2) is 4.69. The van der Waals surface area contributed by atoms with Crippen molar-refractivity contribution in [2.24, 2.45) is 0 Å². The summed E-state index contributed by atoms with van der Waals surface area (Å²) in [6.07, 6.45) is 0. The molecule has 1 saturated heterocycles. The van der Waals surface area contributed by atoms with Crippen LogP contribution in [0.4, 0.5) is 5.69 Å². The topological polar surface area (TPSA) is 33.7 Å². The molecule has 0 radical (unpaired) electrons. The number of benzene rings is 1. The van der Waals surface area contributed by atoms with E-state index in [-0.39, 0.29) is 0 Å². The maximum atomic E-state index is 5.82. The van der Waals surface area contributed by atoms with Crippen LogP contribution < -0.4 is 19.7 Å². The van der Waals surface area contributed by atoms with Gasteiger partial charge in [-0.2, -0.15) is 0 Å². The Kier molecular flexibility index (Phi) is 3.04. The predicted octanol–water partition coefficient (Wildman–Crippen LogP) is 1.64. The summed E-state index contributed by atoms with van der Waals surface area (Å²) in [5.74, 6) is 1.78. The van der Waals surface area contributed by atoms with Crippen molar-refractivity contribution < 1.29 is 9.47 Å². The number of rotatable bonds is 1. The van der Waals surface area contributed by atoms with Gasteiger partial charge in [-0.05, 0) is 26.0 Å². The fourth-order valence-corrected chi connectivity index (χ4v) is 2.87. The number of ether oxygens (including phenoxy) is 2. The Bertz CT molecular complexity index is 426. The highest BCUT2D eigenvalue weighted by molar-refractivity contribution is 5.66. The molecule has 3 rings (SSSR count). The number of hydrogen-bond acceptors (Lipinski definition) is 4. The summed E-state index contributed by atoms with van der Waals surface area (Å²) in [7, 11) is 0. The van der Waals surface area contributed by atoms with E-state index in [4.69, 9.17) is 9.47 Å². The number of piperazine rings is 1. The second-order valence-electron chi connectivity index (χ2n) is 5.06. The van der Waals surface area contributed by atoms with Gasteiger partial charge in [-0.15, -0.1) is 0 Å². The predicted molar refractivity (Wildman–Crippen MR) is 71.7 cm³/mol. The Hall–Kier alpha value is -1.42. The van der Waals surface area contributed by atoms with Crippen LogP contribution in [0, 0.1) is 0 Å². The third-order valence-electron chi connectivity index (χ3n) is 3.65. The van der Waals surface area contributed by atoms with Gasteiger partial charge in [-0.25, -0.2) is 0 Å². The van der Waals surface area contributed by atoms with Gasteiger partial charge in [0.1, 0.15) is 13.2 Å². The van der Waals surface area contributed by atoms with Crippen molar-refractivity contribution >= 4 is 5.69 Å². The Balaban J connectivity index is 2.00. The third-order valence-corrected chi connectivity index (χ3v) is 3.65. The zero-order valence-corrected chi connectivity index (χ0v) is 11.0. The molecular weight excluding hydrogens is 228 g/mol. The number of anilines is 1. The molecule has 1 aromatic carbocycles. The van der Waals surface area contributed by atoms with E-state index in [0.29, 0.717) is 25.3 Å². The van der Waals surface area contributed by atoms with E-state index < -0.39 is 0 Å². The molecule has 1 fully saturated rings. The van der Waals surface area contributed by atoms with Crippen molar-refractivity contribution in [2.45, 2.75) is 25.9 Å². The molecule has 2 heterocycles. The van der Waals surface area contributed by atoms with E-state index in [1.807, 2.05) is 12.1 Å². The molecule has 2 aliphatic heterocycles. The lowest BCUT2D eigenvalue weighted by Crippen LogP contribution is -2.55. The van der Waals surface area contributed by atoms with Crippen LogP contribution in [0.3, 0.4) is 0 Å². The Labute approximate surface area is 108 Å². The molecule has 98 valence electrons. The molecule has 18 heavy (non-hydrogen) atoms. The molecule has 2 unspecified atom stereocenters. The average molecular weight is 248 g/mol. The van der Waals surface area contributed by atoms with Crippen LogP contribution in [0.15, 0.2) is 18.2 Å². The zero-order chi connectivity index (χ0) is 12.5. The van der Waals surface area contributed by atoms with Crippen molar-refractivity contribution in [3.63, 3.8) is 0 Å². The number of fused-ring (bicyclic) bond motifs is 1. The lowest BCUT2D eigenvalue weighted by molar-refractivity contribution is 0.171. The largest absolute Gasteiger partial charge is 0.486 e. The van der Waals surface area contributed by atoms with Gasteiger partial charge in [0.15, 0.2) is 11.5 Å². The molecule has 0 aromatic heterocycles. The van der Waals surface area contributed by atoms with Gasteiger partial charge in [0, 0.05) is 25.2 Å². The molecule has 0 spiro atoms. The van der Waals surface area contributed by atoms with Gasteiger partial charge in [0.05, 0.1) is 5.69 Å². The minimum Gasteiger partial charge on any atom is -0.486 e. The fraction of sp³-hybridized carbons (Fsp3) is 0.571. The lowest BCUT2D eigenvalue weighted by Gasteiger charge is -2.42. The van der Waals surface area contributed by atoms with Gasteiger partial charge in [0.25, 0.3) is 0 Å². The van der Waals surface area contributed by atoms with Gasteiger partial charge < -0.3 is 19.7 Å². The molecule has 0 bridgehead atoms. The highest BCUT2D eigenvalue weighted by atomic mass is 16.6. The zero-order valence-electron chi connectivity index (χ0n) is 11.0. The minimum absolute atomic E-state index is 0.464. The lowest BCUT2D eigenvalue weighted by atomic mass is 10.1. The standard InChI is InChI=1S/C14H20N2O2/c1-10-8-15-9-11(2)16(10)12-4-3-5-13-14(12)18-7-6-17-13/h3-5,10-11,15H,6-9H2,1-2H3. The van der Waals surface area contributed by atoms with Crippen molar-refractivity contribution in [1.82, 2.24) is 5.32 Å². The van der Waals surface area contributed by atoms with Crippen LogP contribution in [0.25, 0.3) is 0 Å². The quantitative estimate of drug-likeness (QED) is 0.819. The van der Waals surface area contributed by atoms with Crippen LogP contribution in [-0.4, -0.2) is 38.4 Å². The number of para-hydroxylation sites is 1. The Morgan fingerprint density at radius 3 is 2.61 bits per heavy atom. The second-order valence-corrected chi connectivity index (χ2v) is 5.06. The van der Waals surface area contributed by atoms with E-state index in [2.05, 4.69) is 30.1 Å². The molecule has 4 heteroatoms. The van der Waals surface area contributed by atoms with E-state index in [1.165, 1.54) is 0 Å². The molecular formula is C14H20N2O2. The van der Waals surface area contributed by atoms with Gasteiger partial charge in [-0.1, -0.05) is 6.07 Å². The SMILES string of the molecule is CC1CNCC(C)N1c1cccc2c1OCCO2. The fourth-order valence-electron chi connectivity index (χ4n) is 2.87. The first-order valence-corrected chi connectivity index (χ1v) is 6.65. The van der Waals surface area contributed by atoms with Crippen molar-refractivity contribution in [3.8, 4) is 11.5 Å². The van der Waals surface area contributed by atoms with E-state index in [9.17, 15) is 0 Å². The summed E-state index contributed by atoms with van der Waals surface area (Å²) >= 11 is 0. The minimum atomic E-state index is 0.464. The summed E-state index contributed by atoms with van der Waals surface area (Å²) in [5, 5.41) is 3.45. The summed E-state index contributed by atoms with van der Waals surface area (Å²) in [5.41, 5.74) is 1.16. The van der Waals surface area contributed by atoms with E-state index >= 15 is 0 Å². The maximum absolute atomic E-state index is 5.82. The summed E-state index contributed by atoms with van der Waals surface area (Å²) in [6, 6.07) is 7.09. The monoisotopic (exact) mass is 248 g/mol. The number of hydrogen-bond donors (Lipinski definition) is 1. The molecule has 0 saturated carbocycles. The Morgan fingerprint density at radius 2 is 1.83 bits per heavy atom. The van der Waals surface area contributed by atoms with Crippen LogP contribution >= 0.6 is 0 Å². The highest BCUT2D eigenvalue weighted by Gasteiger charge is 2.29. The van der Waals surface area contributed by atoms with Gasteiger partial charge in [0.2, 0.25) is 0 Å². The molecule has 4 nitrogen and oxygen atoms in total. The first-order chi connectivity index (χ1) is 8.77. The van der Waals surface area contributed by atoms with E-state index in [0.717, 1.165) is 30.3 Å². The van der Waals surface area contributed by atoms with Crippen LogP contribution in [0.5, 0.6) is 11.5 Å². The van der Waals surface area contributed by atoms with Crippen LogP contribution in [0.1, 0.15) is 13.8 Å². The highest BCUT2D eigenvalue weighted by Crippen LogP contribution is 2.41. The van der Waals surface area contributed by atoms with Crippen molar-refractivity contribution in [3.05, 3.63) is 18.2 Å². The summed E-state index contributed by atoms with van der Waals surface area (Å²) < 4.78 is 11.5. The van der Waals surface area contributed by atoms with Gasteiger partial charge in [-0.3, -0.25) is 0 Å². The summed E-state index contributed by atoms with van der Waals surface area (Å²) in [6.45, 7) is 7.78. The van der Waals surface area contributed by atoms with Crippen LogP contribution in [-0.2, 0) is 0 Å². The molecule has 2 atom stereocenters. The van der Waals surface area contributed by atoms with Crippen LogP contribution in [0.2, 0.25) is 0 Å². The molecule has 0 aliphatic carbocycles. The Morgan fingerprint density at radius 1 is 1.11 bits per heavy atom.